The summed E-state index contributed by atoms with van der Waals surface area (Å²) >= 11 is 0. The van der Waals surface area contributed by atoms with E-state index in [0.29, 0.717) is 12.2 Å². The summed E-state index contributed by atoms with van der Waals surface area (Å²) in [5, 5.41) is 0. The predicted molar refractivity (Wildman–Crippen MR) is 79.0 cm³/mol. The van der Waals surface area contributed by atoms with Crippen molar-refractivity contribution in [3.63, 3.8) is 0 Å². The van der Waals surface area contributed by atoms with Gasteiger partial charge in [0.1, 0.15) is 11.6 Å². The first-order chi connectivity index (χ1) is 9.69. The first-order valence-electron chi connectivity index (χ1n) is 6.67. The van der Waals surface area contributed by atoms with Crippen LogP contribution in [0.5, 0.6) is 0 Å². The number of aromatic nitrogens is 2. The van der Waals surface area contributed by atoms with Gasteiger partial charge in [0.25, 0.3) is 0 Å². The number of hydrogen-bond donors (Lipinski definition) is 1. The fourth-order valence-corrected chi connectivity index (χ4v) is 2.45. The average molecular weight is 269 g/mol. The first-order valence-corrected chi connectivity index (χ1v) is 6.67. The fraction of sp³-hybridized carbons (Fsp3) is 0.188. The molecular weight excluding hydrogens is 253 g/mol. The molecule has 2 N–H and O–H groups in total. The molecule has 0 atom stereocenters. The molecule has 1 heterocycles. The maximum Gasteiger partial charge on any atom is 0.123 e. The second-order valence-electron chi connectivity index (χ2n) is 4.80. The van der Waals surface area contributed by atoms with Gasteiger partial charge in [-0.1, -0.05) is 19.1 Å². The molecule has 0 aliphatic carbocycles. The van der Waals surface area contributed by atoms with E-state index in [9.17, 15) is 4.39 Å². The summed E-state index contributed by atoms with van der Waals surface area (Å²) in [6.07, 6.45) is 0.823. The number of aryl methyl sites for hydroxylation is 1. The molecule has 0 saturated heterocycles. The number of hydrogen-bond acceptors (Lipinski definition) is 2. The second kappa shape index (κ2) is 4.96. The zero-order valence-corrected chi connectivity index (χ0v) is 11.3. The van der Waals surface area contributed by atoms with E-state index in [4.69, 9.17) is 5.73 Å². The number of benzene rings is 2. The van der Waals surface area contributed by atoms with Gasteiger partial charge in [0, 0.05) is 12.1 Å². The van der Waals surface area contributed by atoms with E-state index in [0.717, 1.165) is 28.8 Å². The third-order valence-corrected chi connectivity index (χ3v) is 3.48. The van der Waals surface area contributed by atoms with Crippen molar-refractivity contribution in [2.75, 3.05) is 5.73 Å². The third-order valence-electron chi connectivity index (χ3n) is 3.48. The lowest BCUT2D eigenvalue weighted by molar-refractivity contribution is 0.623. The average Bonchev–Trinajstić information content (AvgIpc) is 2.81. The van der Waals surface area contributed by atoms with Crippen molar-refractivity contribution in [1.82, 2.24) is 9.55 Å². The Balaban J connectivity index is 2.12. The van der Waals surface area contributed by atoms with Crippen LogP contribution in [-0.2, 0) is 13.0 Å². The van der Waals surface area contributed by atoms with Crippen LogP contribution in [0.4, 0.5) is 10.1 Å². The van der Waals surface area contributed by atoms with Crippen molar-refractivity contribution in [2.45, 2.75) is 19.9 Å². The van der Waals surface area contributed by atoms with Crippen LogP contribution in [0.1, 0.15) is 18.3 Å². The van der Waals surface area contributed by atoms with E-state index in [-0.39, 0.29) is 5.82 Å². The van der Waals surface area contributed by atoms with Gasteiger partial charge in [-0.2, -0.15) is 0 Å². The van der Waals surface area contributed by atoms with Crippen LogP contribution < -0.4 is 5.73 Å². The molecule has 4 heteroatoms. The number of nitrogens with zero attached hydrogens (tertiary/aromatic N) is 2. The van der Waals surface area contributed by atoms with Gasteiger partial charge in [0.15, 0.2) is 0 Å². The van der Waals surface area contributed by atoms with Crippen molar-refractivity contribution < 1.29 is 4.39 Å². The molecule has 0 spiro atoms. The van der Waals surface area contributed by atoms with E-state index in [1.54, 1.807) is 6.07 Å². The van der Waals surface area contributed by atoms with Crippen LogP contribution >= 0.6 is 0 Å². The third kappa shape index (κ3) is 2.13. The second-order valence-corrected chi connectivity index (χ2v) is 4.80. The Morgan fingerprint density at radius 1 is 1.20 bits per heavy atom. The Labute approximate surface area is 116 Å². The summed E-state index contributed by atoms with van der Waals surface area (Å²) in [4.78, 5) is 4.61. The number of rotatable bonds is 3. The largest absolute Gasteiger partial charge is 0.398 e. The molecule has 1 aromatic heterocycles. The van der Waals surface area contributed by atoms with E-state index in [2.05, 4.69) is 16.5 Å². The van der Waals surface area contributed by atoms with Gasteiger partial charge in [-0.3, -0.25) is 0 Å². The minimum Gasteiger partial charge on any atom is -0.398 e. The number of para-hydroxylation sites is 2. The summed E-state index contributed by atoms with van der Waals surface area (Å²) < 4.78 is 15.5. The van der Waals surface area contributed by atoms with Crippen molar-refractivity contribution >= 4 is 16.7 Å². The summed E-state index contributed by atoms with van der Waals surface area (Å²) in [5.41, 5.74) is 9.33. The standard InChI is InChI=1S/C16H16FN3/c1-2-16-19-14-5-3-4-6-15(14)20(16)10-11-9-12(17)7-8-13(11)18/h3-9H,2,10,18H2,1H3. The lowest BCUT2D eigenvalue weighted by Crippen LogP contribution is -2.07. The van der Waals surface area contributed by atoms with E-state index < -0.39 is 0 Å². The molecule has 0 unspecified atom stereocenters. The molecule has 0 saturated carbocycles. The number of nitrogen functional groups attached to an aromatic ring is 1. The Kier molecular flexibility index (Phi) is 3.14. The van der Waals surface area contributed by atoms with Gasteiger partial charge in [-0.25, -0.2) is 9.37 Å². The maximum atomic E-state index is 13.4. The fourth-order valence-electron chi connectivity index (χ4n) is 2.45. The number of fused-ring (bicyclic) bond motifs is 1. The van der Waals surface area contributed by atoms with Gasteiger partial charge in [-0.15, -0.1) is 0 Å². The molecule has 20 heavy (non-hydrogen) atoms. The predicted octanol–water partition coefficient (Wildman–Crippen LogP) is 3.37. The zero-order chi connectivity index (χ0) is 14.1. The Hall–Kier alpha value is -2.36. The van der Waals surface area contributed by atoms with Gasteiger partial charge >= 0.3 is 0 Å². The van der Waals surface area contributed by atoms with Crippen molar-refractivity contribution in [3.8, 4) is 0 Å². The highest BCUT2D eigenvalue weighted by atomic mass is 19.1. The minimum absolute atomic E-state index is 0.267. The van der Waals surface area contributed by atoms with E-state index >= 15 is 0 Å². The lowest BCUT2D eigenvalue weighted by Gasteiger charge is -2.10. The number of halogens is 1. The molecule has 0 aliphatic rings. The number of anilines is 1. The summed E-state index contributed by atoms with van der Waals surface area (Å²) in [6, 6.07) is 12.4. The van der Waals surface area contributed by atoms with Crippen LogP contribution in [-0.4, -0.2) is 9.55 Å². The molecule has 3 aromatic rings. The zero-order valence-electron chi connectivity index (χ0n) is 11.3. The monoisotopic (exact) mass is 269 g/mol. The summed E-state index contributed by atoms with van der Waals surface area (Å²) in [6.45, 7) is 2.60. The Morgan fingerprint density at radius 3 is 2.80 bits per heavy atom. The maximum absolute atomic E-state index is 13.4. The Morgan fingerprint density at radius 2 is 2.00 bits per heavy atom. The highest BCUT2D eigenvalue weighted by Gasteiger charge is 2.11. The lowest BCUT2D eigenvalue weighted by atomic mass is 10.1. The molecule has 3 nitrogen and oxygen atoms in total. The highest BCUT2D eigenvalue weighted by Crippen LogP contribution is 2.21. The number of nitrogens with two attached hydrogens (primary N) is 1. The van der Waals surface area contributed by atoms with Crippen molar-refractivity contribution in [3.05, 3.63) is 59.7 Å². The first kappa shape index (κ1) is 12.7. The highest BCUT2D eigenvalue weighted by molar-refractivity contribution is 5.76. The molecule has 0 amide bonds. The summed E-state index contributed by atoms with van der Waals surface area (Å²) in [5.74, 6) is 0.714. The van der Waals surface area contributed by atoms with Crippen LogP contribution in [0.25, 0.3) is 11.0 Å². The smallest absolute Gasteiger partial charge is 0.123 e. The molecule has 0 fully saturated rings. The SMILES string of the molecule is CCc1nc2ccccc2n1Cc1cc(F)ccc1N. The normalized spacial score (nSPS) is 11.1. The molecular formula is C16H16FN3. The van der Waals surface area contributed by atoms with Gasteiger partial charge < -0.3 is 10.3 Å². The van der Waals surface area contributed by atoms with Crippen LogP contribution in [0.15, 0.2) is 42.5 Å². The number of imidazole rings is 1. The van der Waals surface area contributed by atoms with Crippen LogP contribution in [0.2, 0.25) is 0 Å². The van der Waals surface area contributed by atoms with Crippen molar-refractivity contribution in [2.24, 2.45) is 0 Å². The Bertz CT molecular complexity index is 762. The van der Waals surface area contributed by atoms with Gasteiger partial charge in [0.05, 0.1) is 17.6 Å². The minimum atomic E-state index is -0.267. The van der Waals surface area contributed by atoms with Gasteiger partial charge in [-0.05, 0) is 35.9 Å². The molecule has 2 aromatic carbocycles. The molecule has 0 radical (unpaired) electrons. The van der Waals surface area contributed by atoms with Crippen LogP contribution in [0.3, 0.4) is 0 Å². The quantitative estimate of drug-likeness (QED) is 0.741. The molecule has 102 valence electrons. The topological polar surface area (TPSA) is 43.8 Å². The van der Waals surface area contributed by atoms with Crippen molar-refractivity contribution in [1.29, 1.82) is 0 Å². The summed E-state index contributed by atoms with van der Waals surface area (Å²) in [7, 11) is 0. The molecule has 0 bridgehead atoms. The molecule has 0 aliphatic heterocycles. The van der Waals surface area contributed by atoms with E-state index in [1.807, 2.05) is 24.3 Å². The molecule has 3 rings (SSSR count). The van der Waals surface area contributed by atoms with Gasteiger partial charge in [0.2, 0.25) is 0 Å². The van der Waals surface area contributed by atoms with E-state index in [1.165, 1.54) is 12.1 Å². The van der Waals surface area contributed by atoms with Crippen LogP contribution in [0, 0.1) is 5.82 Å².